The molecule has 5 aromatic rings. The molecule has 38 heavy (non-hydrogen) atoms. The molecule has 1 heterocycles. The molecule has 0 radical (unpaired) electrons. The fourth-order valence-corrected chi connectivity index (χ4v) is 4.44. The second-order valence-corrected chi connectivity index (χ2v) is 9.49. The van der Waals surface area contributed by atoms with Crippen molar-refractivity contribution in [2.24, 2.45) is 5.10 Å². The summed E-state index contributed by atoms with van der Waals surface area (Å²) < 4.78 is 12.9. The van der Waals surface area contributed by atoms with Crippen LogP contribution in [-0.2, 0) is 6.61 Å². The van der Waals surface area contributed by atoms with Crippen LogP contribution in [0.2, 0.25) is 15.1 Å². The first kappa shape index (κ1) is 25.8. The second-order valence-electron chi connectivity index (χ2n) is 8.24. The average Bonchev–Trinajstić information content (AvgIpc) is 2.93. The highest BCUT2D eigenvalue weighted by Crippen LogP contribution is 2.35. The first-order valence-electron chi connectivity index (χ1n) is 11.5. The molecule has 0 atom stereocenters. The quantitative estimate of drug-likeness (QED) is 0.192. The molecular weight excluding hydrogens is 545 g/mol. The minimum absolute atomic E-state index is 0.183. The molecule has 0 aliphatic rings. The molecule has 0 saturated heterocycles. The normalized spacial score (nSPS) is 11.3. The number of hydrogen-bond acceptors (Lipinski definition) is 5. The summed E-state index contributed by atoms with van der Waals surface area (Å²) in [5.74, 6) is 1.21. The Morgan fingerprint density at radius 1 is 0.921 bits per heavy atom. The Bertz CT molecular complexity index is 1720. The monoisotopic (exact) mass is 563 g/mol. The molecular formula is C29H20Cl3N3O3. The highest BCUT2D eigenvalue weighted by molar-refractivity contribution is 6.42. The maximum Gasteiger partial charge on any atom is 0.282 e. The van der Waals surface area contributed by atoms with Crippen LogP contribution in [0.4, 0.5) is 0 Å². The Balaban J connectivity index is 1.60. The molecule has 0 N–H and O–H groups in total. The van der Waals surface area contributed by atoms with Crippen molar-refractivity contribution in [1.29, 1.82) is 0 Å². The van der Waals surface area contributed by atoms with E-state index < -0.39 is 0 Å². The van der Waals surface area contributed by atoms with E-state index in [9.17, 15) is 4.79 Å². The highest BCUT2D eigenvalue weighted by atomic mass is 35.5. The number of halogens is 3. The third-order valence-electron chi connectivity index (χ3n) is 5.73. The van der Waals surface area contributed by atoms with Gasteiger partial charge < -0.3 is 9.47 Å². The second kappa shape index (κ2) is 11.3. The van der Waals surface area contributed by atoms with E-state index in [1.165, 1.54) is 18.0 Å². The van der Waals surface area contributed by atoms with E-state index in [0.29, 0.717) is 48.9 Å². The summed E-state index contributed by atoms with van der Waals surface area (Å²) in [6.45, 7) is 0.183. The minimum Gasteiger partial charge on any atom is -0.493 e. The standard InChI is InChI=1S/C29H20Cl3N3O3/c1-37-26-15-21(30)14-20(27(26)38-17-18-11-12-23(31)24(32)13-18)16-33-35-28(19-7-3-2-4-8-19)34-25-10-6-5-9-22(25)29(35)36/h2-16H,17H2,1H3. The van der Waals surface area contributed by atoms with Gasteiger partial charge in [-0.2, -0.15) is 9.78 Å². The zero-order valence-corrected chi connectivity index (χ0v) is 22.3. The molecule has 0 amide bonds. The highest BCUT2D eigenvalue weighted by Gasteiger charge is 2.15. The van der Waals surface area contributed by atoms with Crippen LogP contribution < -0.4 is 15.0 Å². The van der Waals surface area contributed by atoms with Gasteiger partial charge in [-0.05, 0) is 35.9 Å². The third kappa shape index (κ3) is 5.38. The number of rotatable bonds is 7. The lowest BCUT2D eigenvalue weighted by molar-refractivity contribution is 0.284. The fourth-order valence-electron chi connectivity index (χ4n) is 3.90. The fraction of sp³-hybridized carbons (Fsp3) is 0.0690. The van der Waals surface area contributed by atoms with Crippen LogP contribution in [0.1, 0.15) is 11.1 Å². The zero-order valence-electron chi connectivity index (χ0n) is 20.1. The molecule has 0 aliphatic carbocycles. The number of nitrogens with zero attached hydrogens (tertiary/aromatic N) is 3. The molecule has 0 spiro atoms. The summed E-state index contributed by atoms with van der Waals surface area (Å²) in [7, 11) is 1.52. The van der Waals surface area contributed by atoms with Crippen molar-refractivity contribution in [2.45, 2.75) is 6.61 Å². The molecule has 9 heteroatoms. The molecule has 5 rings (SSSR count). The summed E-state index contributed by atoms with van der Waals surface area (Å²) in [6, 6.07) is 25.1. The summed E-state index contributed by atoms with van der Waals surface area (Å²) >= 11 is 18.6. The Labute approximate surface area is 233 Å². The van der Waals surface area contributed by atoms with Crippen molar-refractivity contribution in [3.63, 3.8) is 0 Å². The smallest absolute Gasteiger partial charge is 0.282 e. The number of hydrogen-bond donors (Lipinski definition) is 0. The van der Waals surface area contributed by atoms with E-state index in [-0.39, 0.29) is 12.2 Å². The van der Waals surface area contributed by atoms with Gasteiger partial charge in [0.15, 0.2) is 17.3 Å². The first-order valence-corrected chi connectivity index (χ1v) is 12.6. The number of ether oxygens (including phenoxy) is 2. The summed E-state index contributed by atoms with van der Waals surface area (Å²) in [5, 5.41) is 6.29. The van der Waals surface area contributed by atoms with E-state index in [2.05, 4.69) is 5.10 Å². The summed E-state index contributed by atoms with van der Waals surface area (Å²) in [4.78, 5) is 18.2. The van der Waals surface area contributed by atoms with Gasteiger partial charge in [-0.1, -0.05) is 83.3 Å². The zero-order chi connectivity index (χ0) is 26.6. The number of methoxy groups -OCH3 is 1. The minimum atomic E-state index is -0.307. The lowest BCUT2D eigenvalue weighted by atomic mass is 10.2. The maximum absolute atomic E-state index is 13.5. The molecule has 190 valence electrons. The largest absolute Gasteiger partial charge is 0.493 e. The van der Waals surface area contributed by atoms with Crippen molar-refractivity contribution in [2.75, 3.05) is 7.11 Å². The maximum atomic E-state index is 13.5. The Morgan fingerprint density at radius 3 is 2.45 bits per heavy atom. The van der Waals surface area contributed by atoms with E-state index in [4.69, 9.17) is 49.3 Å². The van der Waals surface area contributed by atoms with Crippen LogP contribution in [0.25, 0.3) is 22.3 Å². The van der Waals surface area contributed by atoms with Gasteiger partial charge in [0.2, 0.25) is 0 Å². The van der Waals surface area contributed by atoms with Crippen LogP contribution >= 0.6 is 34.8 Å². The molecule has 0 aliphatic heterocycles. The first-order chi connectivity index (χ1) is 18.4. The van der Waals surface area contributed by atoms with Crippen molar-refractivity contribution in [1.82, 2.24) is 9.66 Å². The molecule has 1 aromatic heterocycles. The van der Waals surface area contributed by atoms with Crippen LogP contribution in [0.15, 0.2) is 94.8 Å². The molecule has 4 aromatic carbocycles. The van der Waals surface area contributed by atoms with E-state index in [1.54, 1.807) is 42.5 Å². The topological polar surface area (TPSA) is 65.7 Å². The molecule has 0 unspecified atom stereocenters. The van der Waals surface area contributed by atoms with E-state index >= 15 is 0 Å². The van der Waals surface area contributed by atoms with Gasteiger partial charge in [0.1, 0.15) is 6.61 Å². The summed E-state index contributed by atoms with van der Waals surface area (Å²) in [5.41, 5.74) is 2.33. The van der Waals surface area contributed by atoms with Crippen molar-refractivity contribution in [3.8, 4) is 22.9 Å². The third-order valence-corrected chi connectivity index (χ3v) is 6.69. The van der Waals surface area contributed by atoms with Crippen LogP contribution in [0.3, 0.4) is 0 Å². The Morgan fingerprint density at radius 2 is 1.68 bits per heavy atom. The van der Waals surface area contributed by atoms with Gasteiger partial charge in [0, 0.05) is 22.2 Å². The molecule has 0 saturated carbocycles. The van der Waals surface area contributed by atoms with E-state index in [0.717, 1.165) is 11.1 Å². The predicted octanol–water partition coefficient (Wildman–Crippen LogP) is 7.49. The van der Waals surface area contributed by atoms with Crippen LogP contribution in [-0.4, -0.2) is 23.0 Å². The number of benzene rings is 4. The molecule has 0 fully saturated rings. The molecule has 0 bridgehead atoms. The van der Waals surface area contributed by atoms with Crippen LogP contribution in [0.5, 0.6) is 11.5 Å². The van der Waals surface area contributed by atoms with E-state index in [1.807, 2.05) is 42.5 Å². The van der Waals surface area contributed by atoms with Gasteiger partial charge >= 0.3 is 0 Å². The van der Waals surface area contributed by atoms with Gasteiger partial charge in [-0.15, -0.1) is 0 Å². The summed E-state index contributed by atoms with van der Waals surface area (Å²) in [6.07, 6.45) is 1.50. The predicted molar refractivity (Wildman–Crippen MR) is 153 cm³/mol. The number of aromatic nitrogens is 2. The lowest BCUT2D eigenvalue weighted by Gasteiger charge is -2.15. The average molecular weight is 565 g/mol. The van der Waals surface area contributed by atoms with Crippen LogP contribution in [0, 0.1) is 0 Å². The van der Waals surface area contributed by atoms with Gasteiger partial charge in [0.05, 0.1) is 34.3 Å². The van der Waals surface area contributed by atoms with Gasteiger partial charge in [-0.25, -0.2) is 4.98 Å². The van der Waals surface area contributed by atoms with Crippen molar-refractivity contribution >= 4 is 51.9 Å². The van der Waals surface area contributed by atoms with Gasteiger partial charge in [-0.3, -0.25) is 4.79 Å². The van der Waals surface area contributed by atoms with Crippen molar-refractivity contribution < 1.29 is 9.47 Å². The lowest BCUT2D eigenvalue weighted by Crippen LogP contribution is -2.20. The SMILES string of the molecule is COc1cc(Cl)cc(C=Nn2c(-c3ccccc3)nc3ccccc3c2=O)c1OCc1ccc(Cl)c(Cl)c1. The number of para-hydroxylation sites is 1. The Hall–Kier alpha value is -3.84. The number of fused-ring (bicyclic) bond motifs is 1. The van der Waals surface area contributed by atoms with Crippen molar-refractivity contribution in [3.05, 3.63) is 121 Å². The van der Waals surface area contributed by atoms with Gasteiger partial charge in [0.25, 0.3) is 5.56 Å². The Kier molecular flexibility index (Phi) is 7.65. The molecule has 6 nitrogen and oxygen atoms in total.